The number of hydrogen-bond acceptors (Lipinski definition) is 12. The Kier molecular flexibility index (Phi) is 14.3. The van der Waals surface area contributed by atoms with Crippen LogP contribution < -0.4 is 14.4 Å². The van der Waals surface area contributed by atoms with Gasteiger partial charge in [0.1, 0.15) is 42.3 Å². The lowest BCUT2D eigenvalue weighted by Crippen LogP contribution is -2.56. The van der Waals surface area contributed by atoms with Crippen LogP contribution in [0.15, 0.2) is 152 Å². The summed E-state index contributed by atoms with van der Waals surface area (Å²) in [5.74, 6) is 3.91. The number of carbonyl (C=O) groups is 4. The number of methoxy groups -OCH3 is 1. The van der Waals surface area contributed by atoms with Crippen molar-refractivity contribution in [3.63, 3.8) is 0 Å². The number of rotatable bonds is 11. The monoisotopic (exact) mass is 994 g/mol. The number of nitrogens with zero attached hydrogens (tertiary/aromatic N) is 4. The molecule has 0 aliphatic carbocycles. The van der Waals surface area contributed by atoms with E-state index in [1.807, 2.05) is 77.7 Å². The number of nitro benzene ring substituents is 1. The molecule has 3 saturated heterocycles. The maximum atomic E-state index is 16.9. The second kappa shape index (κ2) is 21.4. The van der Waals surface area contributed by atoms with Gasteiger partial charge >= 0.3 is 12.1 Å². The number of aliphatic hydroxyl groups excluding tert-OH is 1. The molecule has 6 aromatic carbocycles. The van der Waals surface area contributed by atoms with Crippen molar-refractivity contribution in [2.45, 2.75) is 68.4 Å². The zero-order chi connectivity index (χ0) is 51.3. The number of anilines is 1. The lowest BCUT2D eigenvalue weighted by atomic mass is 9.64. The first-order valence-corrected chi connectivity index (χ1v) is 24.9. The highest BCUT2D eigenvalue weighted by atomic mass is 16.6. The van der Waals surface area contributed by atoms with E-state index in [1.165, 1.54) is 24.3 Å². The maximum Gasteiger partial charge on any atom is 0.421 e. The van der Waals surface area contributed by atoms with E-state index in [9.17, 15) is 15.2 Å². The van der Waals surface area contributed by atoms with E-state index in [2.05, 4.69) is 11.8 Å². The first-order valence-electron chi connectivity index (χ1n) is 24.9. The highest BCUT2D eigenvalue weighted by molar-refractivity contribution is 6.23. The number of cyclic esters (lactones) is 1. The molecule has 0 radical (unpaired) electrons. The summed E-state index contributed by atoms with van der Waals surface area (Å²) in [4.78, 5) is 79.6. The molecule has 10 rings (SSSR count). The van der Waals surface area contributed by atoms with Crippen LogP contribution >= 0.6 is 0 Å². The van der Waals surface area contributed by atoms with Gasteiger partial charge in [0.2, 0.25) is 11.8 Å². The standard InChI is InChI=1S/C59H54N4O11/c1-71-45-30-25-39(26-31-45)21-22-40-27-32-48-47(37-40)59(57(67)61(48)58(68)73-38-41-23-28-44(29-24-41)63(69)70)50(55(65)60-33-13-3-2-4-14-34-60)52-56(66)74-53(43-17-9-6-10-18-43)51(42-15-7-5-8-16-42)62(52)54(59)46-19-11-12-20-49(46)72-36-35-64/h5-12,15-20,23-32,37,50-54,64H,2-4,13-14,33-36,38H2,1H3/t50-,51-,52-,53+,54+,59-/m1/s1. The van der Waals surface area contributed by atoms with Gasteiger partial charge in [0, 0.05) is 41.9 Å². The molecule has 1 spiro atoms. The molecule has 0 unspecified atom stereocenters. The topological polar surface area (TPSA) is 178 Å². The van der Waals surface area contributed by atoms with Crippen LogP contribution in [0.1, 0.15) is 89.2 Å². The molecule has 74 heavy (non-hydrogen) atoms. The number of amides is 3. The van der Waals surface area contributed by atoms with Crippen LogP contribution in [0.2, 0.25) is 0 Å². The molecule has 376 valence electrons. The van der Waals surface area contributed by atoms with E-state index >= 15 is 19.2 Å². The molecule has 4 heterocycles. The van der Waals surface area contributed by atoms with Crippen LogP contribution in [-0.4, -0.2) is 83.2 Å². The zero-order valence-corrected chi connectivity index (χ0v) is 40.7. The number of likely N-dealkylation sites (tertiary alicyclic amines) is 1. The van der Waals surface area contributed by atoms with Crippen LogP contribution in [0.5, 0.6) is 11.5 Å². The van der Waals surface area contributed by atoms with Crippen molar-refractivity contribution in [1.29, 1.82) is 0 Å². The Bertz CT molecular complexity index is 3120. The van der Waals surface area contributed by atoms with Crippen LogP contribution in [0.3, 0.4) is 0 Å². The number of nitro groups is 1. The van der Waals surface area contributed by atoms with Crippen molar-refractivity contribution in [2.75, 3.05) is 38.3 Å². The van der Waals surface area contributed by atoms with Crippen molar-refractivity contribution in [1.82, 2.24) is 9.80 Å². The number of benzene rings is 6. The van der Waals surface area contributed by atoms with Crippen molar-refractivity contribution in [2.24, 2.45) is 5.92 Å². The summed E-state index contributed by atoms with van der Waals surface area (Å²) >= 11 is 0. The average Bonchev–Trinajstić information content (AvgIpc) is 3.90. The number of hydrogen-bond donors (Lipinski definition) is 1. The van der Waals surface area contributed by atoms with Gasteiger partial charge in [-0.05, 0) is 95.8 Å². The fourth-order valence-corrected chi connectivity index (χ4v) is 11.3. The molecule has 3 fully saturated rings. The summed E-state index contributed by atoms with van der Waals surface area (Å²) in [7, 11) is 1.58. The summed E-state index contributed by atoms with van der Waals surface area (Å²) < 4.78 is 24.4. The number of esters is 1. The molecule has 4 aliphatic heterocycles. The lowest BCUT2D eigenvalue weighted by Gasteiger charge is -2.46. The van der Waals surface area contributed by atoms with Crippen molar-refractivity contribution in [3.8, 4) is 23.3 Å². The number of aliphatic hydroxyl groups is 1. The van der Waals surface area contributed by atoms with Gasteiger partial charge in [0.05, 0.1) is 42.3 Å². The molecule has 15 nitrogen and oxygen atoms in total. The van der Waals surface area contributed by atoms with Crippen LogP contribution in [0.4, 0.5) is 16.2 Å². The minimum Gasteiger partial charge on any atom is -0.497 e. The number of carbonyl (C=O) groups excluding carboxylic acids is 4. The van der Waals surface area contributed by atoms with E-state index in [4.69, 9.17) is 18.9 Å². The summed E-state index contributed by atoms with van der Waals surface area (Å²) in [5, 5.41) is 21.7. The number of non-ortho nitro benzene ring substituents is 1. The van der Waals surface area contributed by atoms with Gasteiger partial charge in [0.25, 0.3) is 5.69 Å². The van der Waals surface area contributed by atoms with E-state index in [1.54, 1.807) is 66.6 Å². The van der Waals surface area contributed by atoms with Crippen molar-refractivity contribution >= 4 is 35.3 Å². The third-order valence-electron chi connectivity index (χ3n) is 14.6. The smallest absolute Gasteiger partial charge is 0.421 e. The molecule has 6 atom stereocenters. The fourth-order valence-electron chi connectivity index (χ4n) is 11.3. The normalized spacial score (nSPS) is 22.3. The highest BCUT2D eigenvalue weighted by Crippen LogP contribution is 2.67. The Labute approximate surface area is 428 Å². The summed E-state index contributed by atoms with van der Waals surface area (Å²) in [5.41, 5.74) is 1.49. The van der Waals surface area contributed by atoms with E-state index in [0.29, 0.717) is 59.5 Å². The largest absolute Gasteiger partial charge is 0.497 e. The van der Waals surface area contributed by atoms with E-state index < -0.39 is 64.4 Å². The summed E-state index contributed by atoms with van der Waals surface area (Å²) in [6.45, 7) is -0.0735. The number of imide groups is 1. The molecule has 6 aromatic rings. The number of ether oxygens (including phenoxy) is 4. The molecule has 3 amide bonds. The third-order valence-corrected chi connectivity index (χ3v) is 14.6. The highest BCUT2D eigenvalue weighted by Gasteiger charge is 2.76. The van der Waals surface area contributed by atoms with Gasteiger partial charge in [-0.3, -0.25) is 29.4 Å². The van der Waals surface area contributed by atoms with Crippen LogP contribution in [-0.2, 0) is 35.9 Å². The maximum absolute atomic E-state index is 16.9. The van der Waals surface area contributed by atoms with E-state index in [-0.39, 0.29) is 42.5 Å². The molecule has 1 N–H and O–H groups in total. The summed E-state index contributed by atoms with van der Waals surface area (Å²) in [6, 6.07) is 40.2. The average molecular weight is 995 g/mol. The molecule has 0 saturated carbocycles. The summed E-state index contributed by atoms with van der Waals surface area (Å²) in [6.07, 6.45) is 2.15. The molecule has 15 heteroatoms. The first kappa shape index (κ1) is 49.3. The quantitative estimate of drug-likeness (QED) is 0.0564. The Hall–Kier alpha value is -8.32. The van der Waals surface area contributed by atoms with Crippen molar-refractivity contribution < 1.29 is 48.2 Å². The van der Waals surface area contributed by atoms with Gasteiger partial charge in [-0.15, -0.1) is 0 Å². The Morgan fingerprint density at radius 2 is 1.41 bits per heavy atom. The first-order chi connectivity index (χ1) is 36.1. The predicted molar refractivity (Wildman–Crippen MR) is 273 cm³/mol. The SMILES string of the molecule is COc1ccc(C#Cc2ccc3c(c2)[C@]2(C(=O)N3C(=O)OCc3ccc([N+](=O)[O-])cc3)[C@H](c3ccccc3OCCO)N3[C@H](c4ccccc4)[C@H](c4ccccc4)OC(=O)[C@H]3[C@@H]2C(=O)N2CCCCCCC2)cc1. The minimum atomic E-state index is -2.11. The van der Waals surface area contributed by atoms with Crippen LogP contribution in [0, 0.1) is 27.9 Å². The molecular formula is C59H54N4O11. The predicted octanol–water partition coefficient (Wildman–Crippen LogP) is 9.17. The lowest BCUT2D eigenvalue weighted by molar-refractivity contribution is -0.384. The van der Waals surface area contributed by atoms with Gasteiger partial charge in [-0.2, -0.15) is 0 Å². The fraction of sp³-hybridized carbons (Fsp3) is 0.288. The van der Waals surface area contributed by atoms with Crippen LogP contribution in [0.25, 0.3) is 0 Å². The molecule has 0 aromatic heterocycles. The third kappa shape index (κ3) is 9.11. The molecular weight excluding hydrogens is 941 g/mol. The Balaban J connectivity index is 1.25. The zero-order valence-electron chi connectivity index (χ0n) is 40.7. The van der Waals surface area contributed by atoms with Gasteiger partial charge in [0.15, 0.2) is 0 Å². The number of fused-ring (bicyclic) bond motifs is 3. The van der Waals surface area contributed by atoms with Gasteiger partial charge < -0.3 is 29.0 Å². The van der Waals surface area contributed by atoms with Crippen molar-refractivity contribution in [3.05, 3.63) is 201 Å². The number of morpholine rings is 1. The Morgan fingerprint density at radius 1 is 0.770 bits per heavy atom. The Morgan fingerprint density at radius 3 is 2.08 bits per heavy atom. The molecule has 4 aliphatic rings. The second-order valence-corrected chi connectivity index (χ2v) is 18.8. The van der Waals surface area contributed by atoms with Gasteiger partial charge in [-0.1, -0.05) is 110 Å². The van der Waals surface area contributed by atoms with E-state index in [0.717, 1.165) is 29.7 Å². The second-order valence-electron chi connectivity index (χ2n) is 18.8. The number of para-hydroxylation sites is 1. The minimum absolute atomic E-state index is 0.118. The molecule has 0 bridgehead atoms. The van der Waals surface area contributed by atoms with Gasteiger partial charge in [-0.25, -0.2) is 9.69 Å².